The number of nitrogens with two attached hydrogens (primary N) is 2. The van der Waals surface area contributed by atoms with Crippen molar-refractivity contribution in [2.45, 2.75) is 6.92 Å². The average Bonchev–Trinajstić information content (AvgIpc) is 2.56. The Hall–Kier alpha value is -3.07. The summed E-state index contributed by atoms with van der Waals surface area (Å²) in [6.07, 6.45) is 0. The fourth-order valence-corrected chi connectivity index (χ4v) is 2.52. The second kappa shape index (κ2) is 5.97. The number of ketones is 1. The molecule has 0 aliphatic carbocycles. The van der Waals surface area contributed by atoms with Gasteiger partial charge >= 0.3 is 0 Å². The average molecular weight is 302 g/mol. The number of anilines is 2. The molecule has 114 valence electrons. The van der Waals surface area contributed by atoms with Crippen LogP contribution in [-0.2, 0) is 0 Å². The highest BCUT2D eigenvalue weighted by Gasteiger charge is 2.15. The molecule has 0 aliphatic heterocycles. The minimum Gasteiger partial charge on any atom is -0.399 e. The Labute approximate surface area is 135 Å². The van der Waals surface area contributed by atoms with Gasteiger partial charge in [0.2, 0.25) is 0 Å². The van der Waals surface area contributed by atoms with Crippen molar-refractivity contribution in [1.29, 1.82) is 0 Å². The summed E-state index contributed by atoms with van der Waals surface area (Å²) in [4.78, 5) is 12.9. The van der Waals surface area contributed by atoms with Crippen molar-refractivity contribution in [3.05, 3.63) is 83.4 Å². The zero-order valence-electron chi connectivity index (χ0n) is 12.9. The van der Waals surface area contributed by atoms with Gasteiger partial charge < -0.3 is 11.5 Å². The number of hydrogen-bond acceptors (Lipinski definition) is 3. The molecule has 0 fully saturated rings. The van der Waals surface area contributed by atoms with Crippen LogP contribution in [0.15, 0.2) is 66.7 Å². The number of aryl methyl sites for hydroxylation is 1. The predicted molar refractivity (Wildman–Crippen MR) is 95.3 cm³/mol. The summed E-state index contributed by atoms with van der Waals surface area (Å²) in [6, 6.07) is 20.4. The molecule has 0 saturated heterocycles. The van der Waals surface area contributed by atoms with Crippen molar-refractivity contribution in [3.63, 3.8) is 0 Å². The van der Waals surface area contributed by atoms with Crippen molar-refractivity contribution in [1.82, 2.24) is 0 Å². The van der Waals surface area contributed by atoms with Crippen LogP contribution in [0.3, 0.4) is 0 Å². The summed E-state index contributed by atoms with van der Waals surface area (Å²) in [5, 5.41) is 0. The summed E-state index contributed by atoms with van der Waals surface area (Å²) >= 11 is 0. The van der Waals surface area contributed by atoms with Crippen molar-refractivity contribution in [2.75, 3.05) is 11.5 Å². The first-order chi connectivity index (χ1) is 11.0. The summed E-state index contributed by atoms with van der Waals surface area (Å²) < 4.78 is 0. The van der Waals surface area contributed by atoms with Gasteiger partial charge in [-0.3, -0.25) is 4.79 Å². The Morgan fingerprint density at radius 2 is 1.39 bits per heavy atom. The number of benzene rings is 3. The third kappa shape index (κ3) is 3.09. The second-order valence-corrected chi connectivity index (χ2v) is 5.62. The first kappa shape index (κ1) is 14.9. The van der Waals surface area contributed by atoms with E-state index in [1.807, 2.05) is 61.5 Å². The van der Waals surface area contributed by atoms with E-state index in [0.717, 1.165) is 16.7 Å². The summed E-state index contributed by atoms with van der Waals surface area (Å²) in [6.45, 7) is 1.99. The number of carbonyl (C=O) groups excluding carboxylic acids is 1. The van der Waals surface area contributed by atoms with E-state index in [9.17, 15) is 4.79 Å². The van der Waals surface area contributed by atoms with Gasteiger partial charge in [0.25, 0.3) is 0 Å². The maximum atomic E-state index is 12.9. The van der Waals surface area contributed by atoms with Crippen LogP contribution in [0.25, 0.3) is 11.1 Å². The maximum Gasteiger partial charge on any atom is 0.193 e. The number of carbonyl (C=O) groups is 1. The lowest BCUT2D eigenvalue weighted by molar-refractivity contribution is 0.103. The van der Waals surface area contributed by atoms with Gasteiger partial charge in [-0.2, -0.15) is 0 Å². The second-order valence-electron chi connectivity index (χ2n) is 5.62. The number of rotatable bonds is 3. The number of nitrogen functional groups attached to an aromatic ring is 2. The van der Waals surface area contributed by atoms with E-state index in [2.05, 4.69) is 0 Å². The monoisotopic (exact) mass is 302 g/mol. The Morgan fingerprint density at radius 3 is 2.04 bits per heavy atom. The first-order valence-corrected chi connectivity index (χ1v) is 7.41. The van der Waals surface area contributed by atoms with Crippen molar-refractivity contribution >= 4 is 17.2 Å². The summed E-state index contributed by atoms with van der Waals surface area (Å²) in [7, 11) is 0. The Bertz CT molecular complexity index is 850. The van der Waals surface area contributed by atoms with E-state index < -0.39 is 0 Å². The molecule has 0 unspecified atom stereocenters. The van der Waals surface area contributed by atoms with E-state index >= 15 is 0 Å². The molecule has 3 rings (SSSR count). The normalized spacial score (nSPS) is 10.5. The fourth-order valence-electron chi connectivity index (χ4n) is 2.52. The fraction of sp³-hybridized carbons (Fsp3) is 0.0500. The minimum absolute atomic E-state index is 0.0378. The van der Waals surface area contributed by atoms with E-state index in [1.54, 1.807) is 12.1 Å². The maximum absolute atomic E-state index is 12.9. The molecule has 0 saturated carbocycles. The lowest BCUT2D eigenvalue weighted by Gasteiger charge is -2.11. The van der Waals surface area contributed by atoms with Crippen LogP contribution in [-0.4, -0.2) is 5.78 Å². The van der Waals surface area contributed by atoms with Gasteiger partial charge in [0.1, 0.15) is 0 Å². The van der Waals surface area contributed by atoms with Crippen LogP contribution in [0.5, 0.6) is 0 Å². The van der Waals surface area contributed by atoms with Crippen LogP contribution in [0.4, 0.5) is 11.4 Å². The van der Waals surface area contributed by atoms with Gasteiger partial charge in [0.05, 0.1) is 0 Å². The first-order valence-electron chi connectivity index (χ1n) is 7.41. The zero-order chi connectivity index (χ0) is 16.4. The topological polar surface area (TPSA) is 69.1 Å². The van der Waals surface area contributed by atoms with Gasteiger partial charge in [0, 0.05) is 22.5 Å². The minimum atomic E-state index is -0.0378. The molecule has 3 nitrogen and oxygen atoms in total. The third-order valence-electron chi connectivity index (χ3n) is 3.82. The van der Waals surface area contributed by atoms with Crippen LogP contribution < -0.4 is 11.5 Å². The van der Waals surface area contributed by atoms with Gasteiger partial charge in [-0.25, -0.2) is 0 Å². The lowest BCUT2D eigenvalue weighted by Crippen LogP contribution is -2.05. The van der Waals surface area contributed by atoms with E-state index in [1.165, 1.54) is 0 Å². The van der Waals surface area contributed by atoms with E-state index in [-0.39, 0.29) is 5.78 Å². The summed E-state index contributed by atoms with van der Waals surface area (Å²) in [5.41, 5.74) is 17.1. The highest BCUT2D eigenvalue weighted by molar-refractivity contribution is 6.13. The molecule has 0 radical (unpaired) electrons. The van der Waals surface area contributed by atoms with Crippen LogP contribution in [0.1, 0.15) is 21.5 Å². The van der Waals surface area contributed by atoms with Crippen LogP contribution in [0.2, 0.25) is 0 Å². The molecule has 0 spiro atoms. The van der Waals surface area contributed by atoms with Crippen molar-refractivity contribution < 1.29 is 4.79 Å². The van der Waals surface area contributed by atoms with Gasteiger partial charge in [-0.05, 0) is 42.3 Å². The molecule has 3 heteroatoms. The standard InChI is InChI=1S/C20H18N2O/c1-13-2-4-15(5-3-13)20(23)19-12-17(22)10-11-18(19)14-6-8-16(21)9-7-14/h2-12H,21-22H2,1H3. The highest BCUT2D eigenvalue weighted by atomic mass is 16.1. The molecule has 4 N–H and O–H groups in total. The van der Waals surface area contributed by atoms with Crippen LogP contribution in [0, 0.1) is 6.92 Å². The van der Waals surface area contributed by atoms with Gasteiger partial charge in [0.15, 0.2) is 5.78 Å². The summed E-state index contributed by atoms with van der Waals surface area (Å²) in [5.74, 6) is -0.0378. The molecule has 0 amide bonds. The van der Waals surface area contributed by atoms with Crippen molar-refractivity contribution in [2.24, 2.45) is 0 Å². The largest absolute Gasteiger partial charge is 0.399 e. The van der Waals surface area contributed by atoms with Gasteiger partial charge in [-0.15, -0.1) is 0 Å². The predicted octanol–water partition coefficient (Wildman–Crippen LogP) is 4.06. The molecular formula is C20H18N2O. The number of hydrogen-bond donors (Lipinski definition) is 2. The third-order valence-corrected chi connectivity index (χ3v) is 3.82. The Morgan fingerprint density at radius 1 is 0.783 bits per heavy atom. The van der Waals surface area contributed by atoms with E-state index in [0.29, 0.717) is 22.5 Å². The smallest absolute Gasteiger partial charge is 0.193 e. The Balaban J connectivity index is 2.10. The van der Waals surface area contributed by atoms with Crippen molar-refractivity contribution in [3.8, 4) is 11.1 Å². The lowest BCUT2D eigenvalue weighted by atomic mass is 9.93. The molecule has 0 aliphatic rings. The zero-order valence-corrected chi connectivity index (χ0v) is 12.9. The molecule has 0 aromatic heterocycles. The molecule has 23 heavy (non-hydrogen) atoms. The molecule has 3 aromatic carbocycles. The Kier molecular flexibility index (Phi) is 3.85. The highest BCUT2D eigenvalue weighted by Crippen LogP contribution is 2.28. The molecule has 0 atom stereocenters. The molecule has 0 heterocycles. The molecular weight excluding hydrogens is 284 g/mol. The van der Waals surface area contributed by atoms with Crippen LogP contribution >= 0.6 is 0 Å². The van der Waals surface area contributed by atoms with Gasteiger partial charge in [-0.1, -0.05) is 48.0 Å². The molecule has 0 bridgehead atoms. The SMILES string of the molecule is Cc1ccc(C(=O)c2cc(N)ccc2-c2ccc(N)cc2)cc1. The van der Waals surface area contributed by atoms with E-state index in [4.69, 9.17) is 11.5 Å². The molecule has 3 aromatic rings. The quantitative estimate of drug-likeness (QED) is 0.566.